The first-order valence-corrected chi connectivity index (χ1v) is 9.98. The van der Waals surface area contributed by atoms with E-state index in [1.54, 1.807) is 0 Å². The lowest BCUT2D eigenvalue weighted by molar-refractivity contribution is -0.155. The second-order valence-electron chi connectivity index (χ2n) is 6.10. The molecule has 1 amide bonds. The molecule has 2 rings (SSSR count). The molecule has 0 saturated carbocycles. The number of ether oxygens (including phenoxy) is 2. The third-order valence-corrected chi connectivity index (χ3v) is 5.68. The summed E-state index contributed by atoms with van der Waals surface area (Å²) >= 11 is 0. The number of hydrogen-bond acceptors (Lipinski definition) is 6. The highest BCUT2D eigenvalue weighted by atomic mass is 32.2. The first kappa shape index (κ1) is 19.2. The zero-order valence-electron chi connectivity index (χ0n) is 14.4. The number of sulfone groups is 1. The van der Waals surface area contributed by atoms with Crippen LogP contribution in [0.5, 0.6) is 5.75 Å². The van der Waals surface area contributed by atoms with Crippen molar-refractivity contribution < 1.29 is 27.5 Å². The zero-order valence-corrected chi connectivity index (χ0v) is 15.2. The number of nitrogens with one attached hydrogen (secondary N) is 1. The van der Waals surface area contributed by atoms with Gasteiger partial charge in [0.2, 0.25) is 0 Å². The molecule has 0 bridgehead atoms. The molecule has 1 heterocycles. The van der Waals surface area contributed by atoms with Crippen LogP contribution in [-0.2, 0) is 24.2 Å². The fraction of sp³-hybridized carbons (Fsp3) is 0.529. The molecule has 1 fully saturated rings. The molecule has 0 radical (unpaired) electrons. The minimum absolute atomic E-state index is 0.0176. The number of rotatable bonds is 7. The summed E-state index contributed by atoms with van der Waals surface area (Å²) in [6.45, 7) is 3.51. The monoisotopic (exact) mass is 369 g/mol. The first-order valence-electron chi connectivity index (χ1n) is 8.15. The molecule has 1 aromatic carbocycles. The van der Waals surface area contributed by atoms with Crippen molar-refractivity contribution in [2.75, 3.05) is 18.1 Å². The fourth-order valence-electron chi connectivity index (χ4n) is 2.50. The summed E-state index contributed by atoms with van der Waals surface area (Å²) in [6, 6.07) is 7.04. The molecule has 7 nitrogen and oxygen atoms in total. The van der Waals surface area contributed by atoms with Crippen molar-refractivity contribution in [3.05, 3.63) is 29.8 Å². The third-order valence-electron chi connectivity index (χ3n) is 3.91. The van der Waals surface area contributed by atoms with Gasteiger partial charge in [0, 0.05) is 6.04 Å². The van der Waals surface area contributed by atoms with Gasteiger partial charge in [0.15, 0.2) is 15.9 Å². The van der Waals surface area contributed by atoms with Crippen LogP contribution in [0.25, 0.3) is 0 Å². The van der Waals surface area contributed by atoms with E-state index in [0.717, 1.165) is 5.56 Å². The van der Waals surface area contributed by atoms with E-state index in [1.165, 1.54) is 6.92 Å². The van der Waals surface area contributed by atoms with Gasteiger partial charge in [0.05, 0.1) is 24.5 Å². The van der Waals surface area contributed by atoms with Crippen LogP contribution >= 0.6 is 0 Å². The Labute approximate surface area is 147 Å². The van der Waals surface area contributed by atoms with E-state index in [9.17, 15) is 18.0 Å². The number of aryl methyl sites for hydroxylation is 1. The maximum Gasteiger partial charge on any atom is 0.310 e. The summed E-state index contributed by atoms with van der Waals surface area (Å²) in [7, 11) is -3.07. The number of carbonyl (C=O) groups excluding carboxylic acids is 2. The maximum atomic E-state index is 12.0. The Balaban J connectivity index is 1.70. The van der Waals surface area contributed by atoms with Crippen LogP contribution in [0, 0.1) is 6.92 Å². The van der Waals surface area contributed by atoms with E-state index >= 15 is 0 Å². The van der Waals surface area contributed by atoms with Gasteiger partial charge < -0.3 is 14.8 Å². The van der Waals surface area contributed by atoms with Crippen molar-refractivity contribution in [3.8, 4) is 5.75 Å². The lowest BCUT2D eigenvalue weighted by atomic mass is 10.2. The van der Waals surface area contributed by atoms with Gasteiger partial charge in [-0.2, -0.15) is 0 Å². The second kappa shape index (κ2) is 8.33. The van der Waals surface area contributed by atoms with E-state index in [1.807, 2.05) is 31.2 Å². The maximum absolute atomic E-state index is 12.0. The third kappa shape index (κ3) is 6.04. The van der Waals surface area contributed by atoms with Crippen LogP contribution in [0.2, 0.25) is 0 Å². The highest BCUT2D eigenvalue weighted by Crippen LogP contribution is 2.16. The normalized spacial score (nSPS) is 19.8. The van der Waals surface area contributed by atoms with Crippen LogP contribution in [-0.4, -0.2) is 50.6 Å². The quantitative estimate of drug-likeness (QED) is 0.720. The summed E-state index contributed by atoms with van der Waals surface area (Å²) < 4.78 is 33.3. The molecule has 0 unspecified atom stereocenters. The Morgan fingerprint density at radius 3 is 2.68 bits per heavy atom. The van der Waals surface area contributed by atoms with E-state index in [-0.39, 0.29) is 24.5 Å². The minimum Gasteiger partial charge on any atom is -0.493 e. The Hall–Kier alpha value is -2.09. The van der Waals surface area contributed by atoms with Crippen molar-refractivity contribution in [2.45, 2.75) is 38.8 Å². The van der Waals surface area contributed by atoms with Gasteiger partial charge >= 0.3 is 5.97 Å². The van der Waals surface area contributed by atoms with Gasteiger partial charge in [-0.25, -0.2) is 8.42 Å². The van der Waals surface area contributed by atoms with Crippen molar-refractivity contribution >= 4 is 21.7 Å². The zero-order chi connectivity index (χ0) is 18.4. The van der Waals surface area contributed by atoms with Gasteiger partial charge in [-0.3, -0.25) is 9.59 Å². The average molecular weight is 369 g/mol. The predicted octanol–water partition coefficient (Wildman–Crippen LogP) is 0.999. The Kier molecular flexibility index (Phi) is 6.41. The molecule has 1 aliphatic heterocycles. The molecule has 2 atom stereocenters. The van der Waals surface area contributed by atoms with Crippen LogP contribution in [0.4, 0.5) is 0 Å². The Morgan fingerprint density at radius 2 is 2.04 bits per heavy atom. The number of hydrogen-bond donors (Lipinski definition) is 1. The van der Waals surface area contributed by atoms with Crippen LogP contribution in [0.15, 0.2) is 24.3 Å². The van der Waals surface area contributed by atoms with Crippen molar-refractivity contribution in [3.63, 3.8) is 0 Å². The number of para-hydroxylation sites is 1. The molecular weight excluding hydrogens is 346 g/mol. The summed E-state index contributed by atoms with van der Waals surface area (Å²) in [5.41, 5.74) is 0.968. The minimum atomic E-state index is -3.07. The van der Waals surface area contributed by atoms with E-state index in [2.05, 4.69) is 5.32 Å². The summed E-state index contributed by atoms with van der Waals surface area (Å²) in [6.07, 6.45) is -0.572. The highest BCUT2D eigenvalue weighted by molar-refractivity contribution is 7.91. The van der Waals surface area contributed by atoms with E-state index in [0.29, 0.717) is 12.2 Å². The fourth-order valence-corrected chi connectivity index (χ4v) is 4.17. The van der Waals surface area contributed by atoms with Gasteiger partial charge in [0.25, 0.3) is 5.91 Å². The molecule has 0 aliphatic carbocycles. The predicted molar refractivity (Wildman–Crippen MR) is 92.0 cm³/mol. The molecule has 0 aromatic heterocycles. The summed E-state index contributed by atoms with van der Waals surface area (Å²) in [5.74, 6) is -0.333. The smallest absolute Gasteiger partial charge is 0.310 e. The molecule has 8 heteroatoms. The Bertz CT molecular complexity index is 730. The van der Waals surface area contributed by atoms with Gasteiger partial charge in [-0.1, -0.05) is 18.2 Å². The van der Waals surface area contributed by atoms with E-state index < -0.39 is 33.9 Å². The van der Waals surface area contributed by atoms with Crippen LogP contribution in [0.3, 0.4) is 0 Å². The number of carbonyl (C=O) groups is 2. The van der Waals surface area contributed by atoms with Crippen molar-refractivity contribution in [1.29, 1.82) is 0 Å². The molecule has 1 saturated heterocycles. The van der Waals surface area contributed by atoms with Crippen molar-refractivity contribution in [2.24, 2.45) is 0 Å². The lowest BCUT2D eigenvalue weighted by Gasteiger charge is -2.16. The first-order chi connectivity index (χ1) is 11.8. The number of benzene rings is 1. The van der Waals surface area contributed by atoms with Gasteiger partial charge in [-0.05, 0) is 31.9 Å². The SMILES string of the molecule is Cc1ccccc1OCCC(=O)O[C@H](C)C(=O)N[C@@H]1CCS(=O)(=O)C1. The van der Waals surface area contributed by atoms with Crippen molar-refractivity contribution in [1.82, 2.24) is 5.32 Å². The molecule has 138 valence electrons. The van der Waals surface area contributed by atoms with Gasteiger partial charge in [-0.15, -0.1) is 0 Å². The molecule has 1 N–H and O–H groups in total. The summed E-state index contributed by atoms with van der Waals surface area (Å²) in [5, 5.41) is 2.60. The number of esters is 1. The number of amides is 1. The second-order valence-corrected chi connectivity index (χ2v) is 8.33. The highest BCUT2D eigenvalue weighted by Gasteiger charge is 2.30. The standard InChI is InChI=1S/C17H23NO6S/c1-12-5-3-4-6-15(12)23-9-7-16(19)24-13(2)17(20)18-14-8-10-25(21,22)11-14/h3-6,13-14H,7-11H2,1-2H3,(H,18,20)/t13-,14-/m1/s1. The largest absolute Gasteiger partial charge is 0.493 e. The molecule has 0 spiro atoms. The molecular formula is C17H23NO6S. The Morgan fingerprint density at radius 1 is 1.32 bits per heavy atom. The summed E-state index contributed by atoms with van der Waals surface area (Å²) in [4.78, 5) is 23.8. The van der Waals surface area contributed by atoms with Crippen LogP contribution in [0.1, 0.15) is 25.3 Å². The molecule has 25 heavy (non-hydrogen) atoms. The van der Waals surface area contributed by atoms with E-state index in [4.69, 9.17) is 9.47 Å². The topological polar surface area (TPSA) is 98.8 Å². The lowest BCUT2D eigenvalue weighted by Crippen LogP contribution is -2.42. The van der Waals surface area contributed by atoms with Crippen LogP contribution < -0.4 is 10.1 Å². The molecule has 1 aliphatic rings. The average Bonchev–Trinajstić information content (AvgIpc) is 2.87. The van der Waals surface area contributed by atoms with Gasteiger partial charge in [0.1, 0.15) is 5.75 Å². The molecule has 1 aromatic rings.